The third-order valence-corrected chi connectivity index (χ3v) is 2.61. The fourth-order valence-electron chi connectivity index (χ4n) is 1.71. The van der Waals surface area contributed by atoms with Crippen LogP contribution in [-0.4, -0.2) is 47.7 Å². The van der Waals surface area contributed by atoms with Crippen LogP contribution >= 0.6 is 0 Å². The van der Waals surface area contributed by atoms with Gasteiger partial charge in [0.15, 0.2) is 0 Å². The van der Waals surface area contributed by atoms with Gasteiger partial charge in [-0.1, -0.05) is 0 Å². The van der Waals surface area contributed by atoms with Gasteiger partial charge in [-0.15, -0.1) is 0 Å². The summed E-state index contributed by atoms with van der Waals surface area (Å²) in [6.45, 7) is 5.79. The van der Waals surface area contributed by atoms with Gasteiger partial charge in [0.25, 0.3) is 0 Å². The fourth-order valence-corrected chi connectivity index (χ4v) is 1.71. The van der Waals surface area contributed by atoms with Crippen LogP contribution in [0.5, 0.6) is 0 Å². The van der Waals surface area contributed by atoms with Crippen molar-refractivity contribution in [2.24, 2.45) is 0 Å². The van der Waals surface area contributed by atoms with Crippen LogP contribution in [0.25, 0.3) is 0 Å². The van der Waals surface area contributed by atoms with Gasteiger partial charge in [0.1, 0.15) is 6.04 Å². The maximum absolute atomic E-state index is 11.7. The van der Waals surface area contributed by atoms with E-state index in [0.717, 1.165) is 0 Å². The van der Waals surface area contributed by atoms with Gasteiger partial charge < -0.3 is 21.1 Å². The predicted octanol–water partition coefficient (Wildman–Crippen LogP) is -1.26. The molecular weight excluding hydrogens is 222 g/mol. The molecule has 0 aliphatic carbocycles. The smallest absolute Gasteiger partial charge is 0.242 e. The Balaban J connectivity index is 2.37. The van der Waals surface area contributed by atoms with E-state index in [4.69, 9.17) is 0 Å². The average molecular weight is 243 g/mol. The van der Waals surface area contributed by atoms with Crippen LogP contribution in [0.15, 0.2) is 0 Å². The molecular formula is C11H21N3O3. The van der Waals surface area contributed by atoms with Crippen LogP contribution in [0.4, 0.5) is 0 Å². The summed E-state index contributed by atoms with van der Waals surface area (Å²) in [7, 11) is 0. The van der Waals surface area contributed by atoms with Crippen LogP contribution < -0.4 is 16.0 Å². The van der Waals surface area contributed by atoms with E-state index in [1.54, 1.807) is 6.92 Å². The molecule has 1 saturated heterocycles. The Morgan fingerprint density at radius 2 is 1.94 bits per heavy atom. The van der Waals surface area contributed by atoms with E-state index in [1.807, 2.05) is 13.8 Å². The van der Waals surface area contributed by atoms with Crippen molar-refractivity contribution in [1.82, 2.24) is 16.0 Å². The number of β-amino-alcohol motifs (C(OH)–C–C–N with tert-alkyl or cyclic N) is 1. The Morgan fingerprint density at radius 1 is 1.29 bits per heavy atom. The predicted molar refractivity (Wildman–Crippen MR) is 63.3 cm³/mol. The summed E-state index contributed by atoms with van der Waals surface area (Å²) in [6.07, 6.45) is -0.0878. The molecule has 1 fully saturated rings. The zero-order valence-electron chi connectivity index (χ0n) is 10.5. The number of amides is 2. The number of nitrogens with one attached hydrogen (secondary N) is 3. The number of aliphatic hydroxyl groups is 1. The molecule has 4 N–H and O–H groups in total. The third kappa shape index (κ3) is 4.32. The maximum Gasteiger partial charge on any atom is 0.242 e. The van der Waals surface area contributed by atoms with Gasteiger partial charge in [-0.2, -0.15) is 0 Å². The maximum atomic E-state index is 11.7. The summed E-state index contributed by atoms with van der Waals surface area (Å²) in [5, 5.41) is 17.5. The third-order valence-electron chi connectivity index (χ3n) is 2.61. The molecule has 0 aromatic heterocycles. The van der Waals surface area contributed by atoms with Crippen LogP contribution in [0, 0.1) is 0 Å². The van der Waals surface area contributed by atoms with Crippen molar-refractivity contribution in [3.8, 4) is 0 Å². The second-order valence-corrected chi connectivity index (χ2v) is 4.74. The Morgan fingerprint density at radius 3 is 2.41 bits per heavy atom. The molecule has 0 bridgehead atoms. The SMILES string of the molecule is CC(C)NC(=O)C(C)NC(=O)C1CC(O)CN1. The normalized spacial score (nSPS) is 25.7. The molecule has 3 atom stereocenters. The molecule has 0 aromatic carbocycles. The molecule has 17 heavy (non-hydrogen) atoms. The lowest BCUT2D eigenvalue weighted by atomic mass is 10.2. The first-order chi connectivity index (χ1) is 7.90. The van der Waals surface area contributed by atoms with E-state index < -0.39 is 18.2 Å². The first-order valence-corrected chi connectivity index (χ1v) is 5.92. The topological polar surface area (TPSA) is 90.5 Å². The summed E-state index contributed by atoms with van der Waals surface area (Å²) >= 11 is 0. The number of aliphatic hydroxyl groups excluding tert-OH is 1. The van der Waals surface area contributed by atoms with Gasteiger partial charge in [-0.05, 0) is 27.2 Å². The molecule has 2 amide bonds. The van der Waals surface area contributed by atoms with Crippen molar-refractivity contribution in [2.45, 2.75) is 51.4 Å². The zero-order chi connectivity index (χ0) is 13.0. The van der Waals surface area contributed by atoms with Crippen molar-refractivity contribution < 1.29 is 14.7 Å². The van der Waals surface area contributed by atoms with Crippen LogP contribution in [0.1, 0.15) is 27.2 Å². The molecule has 1 aliphatic rings. The molecule has 3 unspecified atom stereocenters. The highest BCUT2D eigenvalue weighted by Crippen LogP contribution is 2.06. The lowest BCUT2D eigenvalue weighted by Gasteiger charge is -2.18. The molecule has 0 radical (unpaired) electrons. The summed E-state index contributed by atoms with van der Waals surface area (Å²) in [5.74, 6) is -0.445. The second kappa shape index (κ2) is 5.97. The summed E-state index contributed by atoms with van der Waals surface area (Å²) in [5.41, 5.74) is 0. The fraction of sp³-hybridized carbons (Fsp3) is 0.818. The van der Waals surface area contributed by atoms with Crippen LogP contribution in [0.2, 0.25) is 0 Å². The molecule has 0 aromatic rings. The standard InChI is InChI=1S/C11H21N3O3/c1-6(2)13-10(16)7(3)14-11(17)9-4-8(15)5-12-9/h6-9,12,15H,4-5H2,1-3H3,(H,13,16)(H,14,17). The van der Waals surface area contributed by atoms with E-state index in [9.17, 15) is 14.7 Å². The van der Waals surface area contributed by atoms with Gasteiger partial charge in [0, 0.05) is 12.6 Å². The highest BCUT2D eigenvalue weighted by molar-refractivity contribution is 5.89. The van der Waals surface area contributed by atoms with Crippen molar-refractivity contribution in [2.75, 3.05) is 6.54 Å². The van der Waals surface area contributed by atoms with E-state index >= 15 is 0 Å². The average Bonchev–Trinajstić information content (AvgIpc) is 2.63. The lowest BCUT2D eigenvalue weighted by molar-refractivity contribution is -0.129. The van der Waals surface area contributed by atoms with E-state index in [0.29, 0.717) is 13.0 Å². The summed E-state index contributed by atoms with van der Waals surface area (Å²) in [4.78, 5) is 23.3. The van der Waals surface area contributed by atoms with Gasteiger partial charge in [-0.25, -0.2) is 0 Å². The number of hydrogen-bond donors (Lipinski definition) is 4. The van der Waals surface area contributed by atoms with Gasteiger partial charge in [0.2, 0.25) is 11.8 Å². The minimum absolute atomic E-state index is 0.0493. The molecule has 1 rings (SSSR count). The molecule has 1 aliphatic heterocycles. The second-order valence-electron chi connectivity index (χ2n) is 4.74. The number of carbonyl (C=O) groups excluding carboxylic acids is 2. The molecule has 6 heteroatoms. The quantitative estimate of drug-likeness (QED) is 0.496. The number of rotatable bonds is 4. The van der Waals surface area contributed by atoms with Crippen LogP contribution in [0.3, 0.4) is 0 Å². The lowest BCUT2D eigenvalue weighted by Crippen LogP contribution is -2.51. The molecule has 1 heterocycles. The molecule has 0 saturated carbocycles. The van der Waals surface area contributed by atoms with E-state index in [1.165, 1.54) is 0 Å². The van der Waals surface area contributed by atoms with Gasteiger partial charge >= 0.3 is 0 Å². The Kier molecular flexibility index (Phi) is 4.89. The Labute approximate surface area is 101 Å². The van der Waals surface area contributed by atoms with Crippen molar-refractivity contribution in [1.29, 1.82) is 0 Å². The molecule has 6 nitrogen and oxygen atoms in total. The van der Waals surface area contributed by atoms with Crippen molar-refractivity contribution >= 4 is 11.8 Å². The molecule has 98 valence electrons. The van der Waals surface area contributed by atoms with E-state index in [-0.39, 0.29) is 17.9 Å². The van der Waals surface area contributed by atoms with Gasteiger partial charge in [0.05, 0.1) is 12.1 Å². The monoisotopic (exact) mass is 243 g/mol. The first-order valence-electron chi connectivity index (χ1n) is 5.92. The van der Waals surface area contributed by atoms with E-state index in [2.05, 4.69) is 16.0 Å². The minimum Gasteiger partial charge on any atom is -0.392 e. The van der Waals surface area contributed by atoms with Crippen molar-refractivity contribution in [3.63, 3.8) is 0 Å². The highest BCUT2D eigenvalue weighted by atomic mass is 16.3. The largest absolute Gasteiger partial charge is 0.392 e. The Hall–Kier alpha value is -1.14. The van der Waals surface area contributed by atoms with Gasteiger partial charge in [-0.3, -0.25) is 9.59 Å². The summed E-state index contributed by atoms with van der Waals surface area (Å²) < 4.78 is 0. The first kappa shape index (κ1) is 13.9. The Bertz CT molecular complexity index is 294. The highest BCUT2D eigenvalue weighted by Gasteiger charge is 2.29. The van der Waals surface area contributed by atoms with Crippen molar-refractivity contribution in [3.05, 3.63) is 0 Å². The van der Waals surface area contributed by atoms with Crippen LogP contribution in [-0.2, 0) is 9.59 Å². The zero-order valence-corrected chi connectivity index (χ0v) is 10.5. The summed E-state index contributed by atoms with van der Waals surface area (Å²) in [6, 6.07) is -0.919. The number of hydrogen-bond acceptors (Lipinski definition) is 4. The minimum atomic E-state index is -0.565. The number of carbonyl (C=O) groups is 2. The molecule has 0 spiro atoms.